The minimum absolute atomic E-state index is 0.288. The number of likely N-dealkylation sites (tertiary alicyclic amines) is 1. The maximum absolute atomic E-state index is 12.1. The van der Waals surface area contributed by atoms with E-state index in [1.54, 1.807) is 0 Å². The lowest BCUT2D eigenvalue weighted by atomic mass is 10.0. The summed E-state index contributed by atoms with van der Waals surface area (Å²) in [6.45, 7) is 3.66. The molecule has 2 unspecified atom stereocenters. The van der Waals surface area contributed by atoms with Gasteiger partial charge in [0.2, 0.25) is 0 Å². The molecule has 19 heavy (non-hydrogen) atoms. The van der Waals surface area contributed by atoms with Crippen LogP contribution in [-0.4, -0.2) is 53.3 Å². The van der Waals surface area contributed by atoms with E-state index in [9.17, 15) is 9.59 Å². The molecule has 2 fully saturated rings. The highest BCUT2D eigenvalue weighted by Gasteiger charge is 2.34. The number of nitrogens with zero attached hydrogens (tertiary/aromatic N) is 1. The topological polar surface area (TPSA) is 78.9 Å². The number of nitrogens with one attached hydrogen (secondary N) is 1. The average molecular weight is 270 g/mol. The van der Waals surface area contributed by atoms with Gasteiger partial charge in [-0.05, 0) is 39.0 Å². The van der Waals surface area contributed by atoms with Gasteiger partial charge in [-0.15, -0.1) is 0 Å². The van der Waals surface area contributed by atoms with E-state index < -0.39 is 12.0 Å². The molecule has 2 heterocycles. The number of carbonyl (C=O) groups is 2. The molecule has 6 nitrogen and oxygen atoms in total. The Morgan fingerprint density at radius 1 is 1.42 bits per heavy atom. The number of urea groups is 1. The highest BCUT2D eigenvalue weighted by molar-refractivity contribution is 5.82. The van der Waals surface area contributed by atoms with Crippen LogP contribution in [0.1, 0.15) is 39.0 Å². The molecular formula is C13H22N2O4. The first-order chi connectivity index (χ1) is 9.02. The van der Waals surface area contributed by atoms with Crippen molar-refractivity contribution in [1.29, 1.82) is 0 Å². The van der Waals surface area contributed by atoms with Gasteiger partial charge >= 0.3 is 12.0 Å². The maximum Gasteiger partial charge on any atom is 0.326 e. The summed E-state index contributed by atoms with van der Waals surface area (Å²) in [4.78, 5) is 24.7. The molecule has 0 aromatic carbocycles. The number of carboxylic acid groups (broad SMARTS) is 1. The molecule has 2 saturated heterocycles. The Balaban J connectivity index is 1.89. The van der Waals surface area contributed by atoms with Crippen LogP contribution in [0, 0.1) is 0 Å². The Morgan fingerprint density at radius 3 is 2.84 bits per heavy atom. The third-order valence-electron chi connectivity index (χ3n) is 3.96. The maximum atomic E-state index is 12.1. The van der Waals surface area contributed by atoms with Crippen molar-refractivity contribution in [2.24, 2.45) is 0 Å². The monoisotopic (exact) mass is 270 g/mol. The predicted octanol–water partition coefficient (Wildman–Crippen LogP) is 1.20. The number of carbonyl (C=O) groups excluding carboxylic acids is 1. The van der Waals surface area contributed by atoms with Crippen LogP contribution in [0.3, 0.4) is 0 Å². The Hall–Kier alpha value is -1.30. The lowest BCUT2D eigenvalue weighted by Crippen LogP contribution is -2.54. The Morgan fingerprint density at radius 2 is 2.21 bits per heavy atom. The fraction of sp³-hybridized carbons (Fsp3) is 0.846. The fourth-order valence-corrected chi connectivity index (χ4v) is 2.77. The summed E-state index contributed by atoms with van der Waals surface area (Å²) >= 11 is 0. The van der Waals surface area contributed by atoms with Crippen LogP contribution in [0.4, 0.5) is 4.79 Å². The molecule has 0 aromatic rings. The van der Waals surface area contributed by atoms with E-state index in [1.807, 2.05) is 6.92 Å². The summed E-state index contributed by atoms with van der Waals surface area (Å²) in [5.41, 5.74) is -0.301. The quantitative estimate of drug-likeness (QED) is 0.807. The van der Waals surface area contributed by atoms with Gasteiger partial charge in [0.05, 0.1) is 5.60 Å². The summed E-state index contributed by atoms with van der Waals surface area (Å²) in [6.07, 6.45) is 4.20. The number of amides is 2. The van der Waals surface area contributed by atoms with Crippen molar-refractivity contribution in [3.8, 4) is 0 Å². The number of aliphatic carboxylic acids is 1. The van der Waals surface area contributed by atoms with Gasteiger partial charge in [0.15, 0.2) is 0 Å². The van der Waals surface area contributed by atoms with E-state index in [1.165, 1.54) is 4.90 Å². The van der Waals surface area contributed by atoms with E-state index in [0.717, 1.165) is 32.3 Å². The van der Waals surface area contributed by atoms with Crippen LogP contribution < -0.4 is 5.32 Å². The van der Waals surface area contributed by atoms with E-state index in [-0.39, 0.29) is 11.6 Å². The van der Waals surface area contributed by atoms with Crippen LogP contribution >= 0.6 is 0 Å². The third kappa shape index (κ3) is 3.37. The molecular weight excluding hydrogens is 248 g/mol. The van der Waals surface area contributed by atoms with Gasteiger partial charge in [-0.25, -0.2) is 9.59 Å². The van der Waals surface area contributed by atoms with Gasteiger partial charge in [-0.1, -0.05) is 0 Å². The SMILES string of the molecule is CC1(CNC(=O)N2CCCCC2C(=O)O)CCCO1. The first-order valence-corrected chi connectivity index (χ1v) is 6.93. The molecule has 2 rings (SSSR count). The Bertz CT molecular complexity index is 353. The Labute approximate surface area is 113 Å². The van der Waals surface area contributed by atoms with Gasteiger partial charge in [-0.2, -0.15) is 0 Å². The molecule has 2 aliphatic rings. The zero-order valence-corrected chi connectivity index (χ0v) is 11.4. The molecule has 2 aliphatic heterocycles. The van der Waals surface area contributed by atoms with Crippen LogP contribution in [-0.2, 0) is 9.53 Å². The molecule has 0 aliphatic carbocycles. The number of hydrogen-bond donors (Lipinski definition) is 2. The smallest absolute Gasteiger partial charge is 0.326 e. The zero-order valence-electron chi connectivity index (χ0n) is 11.4. The summed E-state index contributed by atoms with van der Waals surface area (Å²) in [5, 5.41) is 12.0. The Kier molecular flexibility index (Phi) is 4.29. The fourth-order valence-electron chi connectivity index (χ4n) is 2.77. The van der Waals surface area contributed by atoms with Crippen molar-refractivity contribution < 1.29 is 19.4 Å². The highest BCUT2D eigenvalue weighted by Crippen LogP contribution is 2.24. The van der Waals surface area contributed by atoms with Crippen molar-refractivity contribution in [2.75, 3.05) is 19.7 Å². The number of ether oxygens (including phenoxy) is 1. The van der Waals surface area contributed by atoms with Crippen molar-refractivity contribution >= 4 is 12.0 Å². The first kappa shape index (κ1) is 14.1. The van der Waals surface area contributed by atoms with Crippen molar-refractivity contribution in [1.82, 2.24) is 10.2 Å². The van der Waals surface area contributed by atoms with E-state index in [4.69, 9.17) is 9.84 Å². The lowest BCUT2D eigenvalue weighted by Gasteiger charge is -2.34. The van der Waals surface area contributed by atoms with Crippen LogP contribution in [0.25, 0.3) is 0 Å². The number of rotatable bonds is 3. The van der Waals surface area contributed by atoms with Crippen molar-refractivity contribution in [3.63, 3.8) is 0 Å². The number of carboxylic acids is 1. The van der Waals surface area contributed by atoms with Crippen LogP contribution in [0.2, 0.25) is 0 Å². The molecule has 6 heteroatoms. The van der Waals surface area contributed by atoms with Gasteiger partial charge in [0.25, 0.3) is 0 Å². The second-order valence-corrected chi connectivity index (χ2v) is 5.60. The average Bonchev–Trinajstić information content (AvgIpc) is 2.83. The van der Waals surface area contributed by atoms with Crippen LogP contribution in [0.5, 0.6) is 0 Å². The molecule has 0 spiro atoms. The lowest BCUT2D eigenvalue weighted by molar-refractivity contribution is -0.143. The third-order valence-corrected chi connectivity index (χ3v) is 3.96. The largest absolute Gasteiger partial charge is 0.480 e. The van der Waals surface area contributed by atoms with Gasteiger partial charge in [0.1, 0.15) is 6.04 Å². The zero-order chi connectivity index (χ0) is 13.9. The van der Waals surface area contributed by atoms with Crippen molar-refractivity contribution in [2.45, 2.75) is 50.7 Å². The first-order valence-electron chi connectivity index (χ1n) is 6.93. The molecule has 0 saturated carbocycles. The van der Waals surface area contributed by atoms with E-state index in [2.05, 4.69) is 5.32 Å². The standard InChI is InChI=1S/C13H22N2O4/c1-13(6-4-8-19-13)9-14-12(18)15-7-3-2-5-10(15)11(16)17/h10H,2-9H2,1H3,(H,14,18)(H,16,17). The van der Waals surface area contributed by atoms with Crippen LogP contribution in [0.15, 0.2) is 0 Å². The number of hydrogen-bond acceptors (Lipinski definition) is 3. The second kappa shape index (κ2) is 5.77. The molecule has 0 bridgehead atoms. The normalized spacial score (nSPS) is 31.2. The summed E-state index contributed by atoms with van der Waals surface area (Å²) < 4.78 is 5.60. The van der Waals surface area contributed by atoms with Gasteiger partial charge in [0, 0.05) is 19.7 Å². The van der Waals surface area contributed by atoms with Gasteiger partial charge in [-0.3, -0.25) is 0 Å². The summed E-state index contributed by atoms with van der Waals surface area (Å²) in [6, 6.07) is -0.977. The molecule has 0 radical (unpaired) electrons. The highest BCUT2D eigenvalue weighted by atomic mass is 16.5. The minimum Gasteiger partial charge on any atom is -0.480 e. The van der Waals surface area contributed by atoms with E-state index >= 15 is 0 Å². The second-order valence-electron chi connectivity index (χ2n) is 5.60. The minimum atomic E-state index is -0.918. The van der Waals surface area contributed by atoms with E-state index in [0.29, 0.717) is 19.5 Å². The van der Waals surface area contributed by atoms with Gasteiger partial charge < -0.3 is 20.1 Å². The molecule has 0 aromatic heterocycles. The predicted molar refractivity (Wildman–Crippen MR) is 69.0 cm³/mol. The summed E-state index contributed by atoms with van der Waals surface area (Å²) in [5.74, 6) is -0.918. The summed E-state index contributed by atoms with van der Waals surface area (Å²) in [7, 11) is 0. The number of piperidine rings is 1. The molecule has 2 N–H and O–H groups in total. The molecule has 2 amide bonds. The molecule has 108 valence electrons. The molecule has 2 atom stereocenters. The van der Waals surface area contributed by atoms with Crippen molar-refractivity contribution in [3.05, 3.63) is 0 Å².